The van der Waals surface area contributed by atoms with Crippen molar-refractivity contribution in [1.29, 1.82) is 0 Å². The summed E-state index contributed by atoms with van der Waals surface area (Å²) in [5, 5.41) is 2.75. The van der Waals surface area contributed by atoms with Crippen LogP contribution in [0.5, 0.6) is 5.75 Å². The molecule has 3 heterocycles. The van der Waals surface area contributed by atoms with Gasteiger partial charge in [-0.2, -0.15) is 0 Å². The van der Waals surface area contributed by atoms with E-state index in [0.717, 1.165) is 0 Å². The van der Waals surface area contributed by atoms with Gasteiger partial charge in [0, 0.05) is 44.7 Å². The summed E-state index contributed by atoms with van der Waals surface area (Å²) in [6, 6.07) is 7.03. The van der Waals surface area contributed by atoms with Gasteiger partial charge in [0.05, 0.1) is 13.0 Å². The minimum absolute atomic E-state index is 0.00392. The smallest absolute Gasteiger partial charge is 0.227 e. The second-order valence-corrected chi connectivity index (χ2v) is 7.44. The summed E-state index contributed by atoms with van der Waals surface area (Å²) in [5.74, 6) is 0.330. The van der Waals surface area contributed by atoms with E-state index in [0.29, 0.717) is 56.9 Å². The normalized spacial score (nSPS) is 19.4. The summed E-state index contributed by atoms with van der Waals surface area (Å²) in [6.07, 6.45) is 2.33. The van der Waals surface area contributed by atoms with Crippen LogP contribution in [-0.2, 0) is 9.59 Å². The summed E-state index contributed by atoms with van der Waals surface area (Å²) < 4.78 is 20.3. The molecule has 0 saturated carbocycles. The number of nitrogens with zero attached hydrogens (tertiary/aromatic N) is 4. The molecule has 8 nitrogen and oxygen atoms in total. The fourth-order valence-electron chi connectivity index (χ4n) is 3.87. The largest absolute Gasteiger partial charge is 0.497 e. The molecule has 1 aromatic carbocycles. The first-order valence-electron chi connectivity index (χ1n) is 10.0. The molecule has 30 heavy (non-hydrogen) atoms. The molecule has 1 atom stereocenters. The molecule has 2 amide bonds. The maximum atomic E-state index is 15.2. The number of carbonyl (C=O) groups excluding carboxylic acids is 2. The van der Waals surface area contributed by atoms with Crippen molar-refractivity contribution in [1.82, 2.24) is 20.2 Å². The second kappa shape index (κ2) is 8.64. The lowest BCUT2D eigenvalue weighted by molar-refractivity contribution is -0.137. The molecule has 1 aromatic heterocycles. The van der Waals surface area contributed by atoms with Gasteiger partial charge < -0.3 is 19.9 Å². The fraction of sp³-hybridized carbons (Fsp3) is 0.429. The monoisotopic (exact) mass is 413 g/mol. The molecular formula is C21H24FN5O3. The highest BCUT2D eigenvalue weighted by Gasteiger charge is 2.31. The van der Waals surface area contributed by atoms with Crippen LogP contribution in [0.3, 0.4) is 0 Å². The third-order valence-electron chi connectivity index (χ3n) is 5.64. The predicted octanol–water partition coefficient (Wildman–Crippen LogP) is 1.47. The standard InChI is InChI=1S/C21H24FN5O3/c1-30-16-5-2-14(3-6-16)19-18(22)20(25-13-24-19)26-8-10-27(11-9-26)21(29)15-4-7-17(28)23-12-15/h2-3,5-6,13,15H,4,7-12H2,1H3,(H,23,28). The first kappa shape index (κ1) is 20.1. The number of rotatable bonds is 4. The summed E-state index contributed by atoms with van der Waals surface area (Å²) >= 11 is 0. The van der Waals surface area contributed by atoms with Crippen molar-refractivity contribution in [3.05, 3.63) is 36.4 Å². The Balaban J connectivity index is 1.43. The summed E-state index contributed by atoms with van der Waals surface area (Å²) in [7, 11) is 1.58. The highest BCUT2D eigenvalue weighted by molar-refractivity contribution is 5.84. The lowest BCUT2D eigenvalue weighted by Gasteiger charge is -2.37. The number of ether oxygens (including phenoxy) is 1. The summed E-state index contributed by atoms with van der Waals surface area (Å²) in [5.41, 5.74) is 0.879. The molecule has 4 rings (SSSR count). The number of anilines is 1. The Morgan fingerprint density at radius 2 is 1.90 bits per heavy atom. The van der Waals surface area contributed by atoms with Crippen LogP contribution >= 0.6 is 0 Å². The SMILES string of the molecule is COc1ccc(-c2ncnc(N3CCN(C(=O)C4CCC(=O)NC4)CC3)c2F)cc1. The highest BCUT2D eigenvalue weighted by Crippen LogP contribution is 2.28. The third kappa shape index (κ3) is 4.05. The Labute approximate surface area is 174 Å². The number of nitrogens with one attached hydrogen (secondary N) is 1. The molecule has 158 valence electrons. The van der Waals surface area contributed by atoms with Crippen molar-refractivity contribution in [2.75, 3.05) is 44.7 Å². The van der Waals surface area contributed by atoms with Crippen LogP contribution in [0.4, 0.5) is 10.2 Å². The number of carbonyl (C=O) groups is 2. The maximum absolute atomic E-state index is 15.2. The van der Waals surface area contributed by atoms with Crippen molar-refractivity contribution in [3.63, 3.8) is 0 Å². The van der Waals surface area contributed by atoms with Crippen LogP contribution in [0, 0.1) is 11.7 Å². The zero-order valence-corrected chi connectivity index (χ0v) is 16.8. The number of hydrogen-bond acceptors (Lipinski definition) is 6. The molecule has 2 aromatic rings. The van der Waals surface area contributed by atoms with E-state index in [1.807, 2.05) is 4.90 Å². The molecule has 1 unspecified atom stereocenters. The number of amides is 2. The number of aromatic nitrogens is 2. The van der Waals surface area contributed by atoms with Crippen LogP contribution in [0.15, 0.2) is 30.6 Å². The Morgan fingerprint density at radius 1 is 1.17 bits per heavy atom. The van der Waals surface area contributed by atoms with Gasteiger partial charge in [-0.15, -0.1) is 0 Å². The van der Waals surface area contributed by atoms with E-state index >= 15 is 4.39 Å². The number of piperazine rings is 1. The van der Waals surface area contributed by atoms with Gasteiger partial charge in [-0.25, -0.2) is 14.4 Å². The van der Waals surface area contributed by atoms with Gasteiger partial charge in [-0.05, 0) is 30.7 Å². The van der Waals surface area contributed by atoms with Crippen molar-refractivity contribution >= 4 is 17.6 Å². The number of benzene rings is 1. The minimum atomic E-state index is -0.475. The maximum Gasteiger partial charge on any atom is 0.227 e. The topological polar surface area (TPSA) is 87.7 Å². The van der Waals surface area contributed by atoms with E-state index in [2.05, 4.69) is 15.3 Å². The number of methoxy groups -OCH3 is 1. The molecule has 2 aliphatic heterocycles. The van der Waals surface area contributed by atoms with Crippen LogP contribution in [0.25, 0.3) is 11.3 Å². The summed E-state index contributed by atoms with van der Waals surface area (Å²) in [4.78, 5) is 35.9. The quantitative estimate of drug-likeness (QED) is 0.817. The molecule has 0 aliphatic carbocycles. The molecule has 2 aliphatic rings. The van der Waals surface area contributed by atoms with Crippen molar-refractivity contribution in [2.45, 2.75) is 12.8 Å². The zero-order chi connectivity index (χ0) is 21.1. The Morgan fingerprint density at radius 3 is 2.53 bits per heavy atom. The Bertz CT molecular complexity index is 919. The average molecular weight is 413 g/mol. The van der Waals surface area contributed by atoms with Crippen molar-refractivity contribution in [3.8, 4) is 17.0 Å². The molecule has 0 radical (unpaired) electrons. The van der Waals surface area contributed by atoms with Crippen LogP contribution in [-0.4, -0.2) is 66.5 Å². The van der Waals surface area contributed by atoms with Gasteiger partial charge in [0.25, 0.3) is 0 Å². The number of halogens is 1. The van der Waals surface area contributed by atoms with Crippen LogP contribution in [0.2, 0.25) is 0 Å². The zero-order valence-electron chi connectivity index (χ0n) is 16.8. The van der Waals surface area contributed by atoms with E-state index in [4.69, 9.17) is 4.74 Å². The molecule has 2 saturated heterocycles. The van der Waals surface area contributed by atoms with Crippen LogP contribution < -0.4 is 15.0 Å². The highest BCUT2D eigenvalue weighted by atomic mass is 19.1. The second-order valence-electron chi connectivity index (χ2n) is 7.44. The molecular weight excluding hydrogens is 389 g/mol. The van der Waals surface area contributed by atoms with E-state index in [9.17, 15) is 9.59 Å². The molecule has 9 heteroatoms. The van der Waals surface area contributed by atoms with Gasteiger partial charge in [0.1, 0.15) is 17.8 Å². The lowest BCUT2D eigenvalue weighted by atomic mass is 9.97. The van der Waals surface area contributed by atoms with Gasteiger partial charge in [-0.3, -0.25) is 9.59 Å². The molecule has 0 spiro atoms. The van der Waals surface area contributed by atoms with E-state index in [1.54, 1.807) is 36.3 Å². The lowest BCUT2D eigenvalue weighted by Crippen LogP contribution is -2.53. The third-order valence-corrected chi connectivity index (χ3v) is 5.64. The molecule has 2 fully saturated rings. The summed E-state index contributed by atoms with van der Waals surface area (Å²) in [6.45, 7) is 2.35. The van der Waals surface area contributed by atoms with Gasteiger partial charge in [-0.1, -0.05) is 0 Å². The average Bonchev–Trinajstić information content (AvgIpc) is 2.79. The fourth-order valence-corrected chi connectivity index (χ4v) is 3.87. The number of piperidine rings is 1. The Kier molecular flexibility index (Phi) is 5.78. The van der Waals surface area contributed by atoms with Crippen LogP contribution in [0.1, 0.15) is 12.8 Å². The van der Waals surface area contributed by atoms with Crippen molar-refractivity contribution < 1.29 is 18.7 Å². The first-order chi connectivity index (χ1) is 14.6. The van der Waals surface area contributed by atoms with E-state index < -0.39 is 5.82 Å². The predicted molar refractivity (Wildman–Crippen MR) is 109 cm³/mol. The molecule has 0 bridgehead atoms. The van der Waals surface area contributed by atoms with Gasteiger partial charge in [0.15, 0.2) is 11.6 Å². The van der Waals surface area contributed by atoms with Gasteiger partial charge >= 0.3 is 0 Å². The Hall–Kier alpha value is -3.23. The van der Waals surface area contributed by atoms with E-state index in [-0.39, 0.29) is 29.2 Å². The van der Waals surface area contributed by atoms with Gasteiger partial charge in [0.2, 0.25) is 11.8 Å². The van der Waals surface area contributed by atoms with Crippen molar-refractivity contribution in [2.24, 2.45) is 5.92 Å². The number of hydrogen-bond donors (Lipinski definition) is 1. The van der Waals surface area contributed by atoms with E-state index in [1.165, 1.54) is 6.33 Å². The molecule has 1 N–H and O–H groups in total. The first-order valence-corrected chi connectivity index (χ1v) is 10.0. The minimum Gasteiger partial charge on any atom is -0.497 e.